The first-order valence-electron chi connectivity index (χ1n) is 9.60. The van der Waals surface area contributed by atoms with E-state index in [0.29, 0.717) is 53.2 Å². The molecule has 0 atom stereocenters. The third-order valence-electron chi connectivity index (χ3n) is 4.58. The molecule has 0 fully saturated rings. The maximum atomic E-state index is 12.7. The average Bonchev–Trinajstić information content (AvgIpc) is 3.26. The van der Waals surface area contributed by atoms with Crippen molar-refractivity contribution < 1.29 is 28.2 Å². The van der Waals surface area contributed by atoms with Crippen molar-refractivity contribution in [2.24, 2.45) is 0 Å². The lowest BCUT2D eigenvalue weighted by atomic mass is 10.0. The van der Waals surface area contributed by atoms with Crippen LogP contribution in [0, 0.1) is 0 Å². The molecule has 0 N–H and O–H groups in total. The Bertz CT molecular complexity index is 1010. The highest BCUT2D eigenvalue weighted by atomic mass is 16.5. The summed E-state index contributed by atoms with van der Waals surface area (Å²) in [6.07, 6.45) is 2.27. The minimum atomic E-state index is -0.0571. The second kappa shape index (κ2) is 9.82. The van der Waals surface area contributed by atoms with E-state index in [4.69, 9.17) is 23.4 Å². The number of aromatic nitrogens is 1. The van der Waals surface area contributed by atoms with Crippen LogP contribution in [0.1, 0.15) is 29.4 Å². The lowest BCUT2D eigenvalue weighted by molar-refractivity contribution is 0.0979. The lowest BCUT2D eigenvalue weighted by Gasteiger charge is -2.09. The van der Waals surface area contributed by atoms with Crippen molar-refractivity contribution in [2.75, 3.05) is 27.9 Å². The van der Waals surface area contributed by atoms with Gasteiger partial charge in [-0.2, -0.15) is 0 Å². The van der Waals surface area contributed by atoms with E-state index in [-0.39, 0.29) is 12.2 Å². The predicted octanol–water partition coefficient (Wildman–Crippen LogP) is 4.58. The van der Waals surface area contributed by atoms with E-state index < -0.39 is 0 Å². The summed E-state index contributed by atoms with van der Waals surface area (Å²) >= 11 is 0. The van der Waals surface area contributed by atoms with Gasteiger partial charge in [0.1, 0.15) is 17.8 Å². The molecule has 1 heterocycles. The van der Waals surface area contributed by atoms with Crippen molar-refractivity contribution in [3.63, 3.8) is 0 Å². The van der Waals surface area contributed by atoms with Gasteiger partial charge in [0.25, 0.3) is 0 Å². The molecule has 30 heavy (non-hydrogen) atoms. The molecule has 0 spiro atoms. The van der Waals surface area contributed by atoms with Crippen LogP contribution in [-0.4, -0.2) is 38.7 Å². The van der Waals surface area contributed by atoms with Gasteiger partial charge in [-0.3, -0.25) is 4.79 Å². The molecule has 0 saturated carbocycles. The van der Waals surface area contributed by atoms with E-state index in [2.05, 4.69) is 4.98 Å². The summed E-state index contributed by atoms with van der Waals surface area (Å²) in [5.74, 6) is 2.79. The van der Waals surface area contributed by atoms with Gasteiger partial charge in [0.15, 0.2) is 17.3 Å². The molecule has 1 aromatic heterocycles. The van der Waals surface area contributed by atoms with E-state index in [1.807, 2.05) is 25.1 Å². The first-order chi connectivity index (χ1) is 14.6. The highest BCUT2D eigenvalue weighted by Gasteiger charge is 2.16. The number of ketones is 1. The van der Waals surface area contributed by atoms with E-state index in [0.717, 1.165) is 5.56 Å². The highest BCUT2D eigenvalue weighted by molar-refractivity contribution is 5.99. The van der Waals surface area contributed by atoms with Crippen molar-refractivity contribution in [2.45, 2.75) is 19.8 Å². The third kappa shape index (κ3) is 4.74. The molecular weight excluding hydrogens is 386 g/mol. The molecule has 3 rings (SSSR count). The number of benzene rings is 2. The van der Waals surface area contributed by atoms with Crippen molar-refractivity contribution in [1.82, 2.24) is 4.98 Å². The summed E-state index contributed by atoms with van der Waals surface area (Å²) in [5.41, 5.74) is 1.94. The minimum Gasteiger partial charge on any atom is -0.497 e. The summed E-state index contributed by atoms with van der Waals surface area (Å²) < 4.78 is 27.0. The Labute approximate surface area is 175 Å². The molecule has 158 valence electrons. The molecule has 0 radical (unpaired) electrons. The Morgan fingerprint density at radius 3 is 2.43 bits per heavy atom. The number of nitrogens with zero attached hydrogens (tertiary/aromatic N) is 1. The first-order valence-corrected chi connectivity index (χ1v) is 9.60. The van der Waals surface area contributed by atoms with Gasteiger partial charge in [-0.1, -0.05) is 0 Å². The van der Waals surface area contributed by atoms with Gasteiger partial charge in [0.05, 0.1) is 39.2 Å². The zero-order valence-electron chi connectivity index (χ0n) is 17.6. The number of rotatable bonds is 10. The van der Waals surface area contributed by atoms with Gasteiger partial charge < -0.3 is 23.4 Å². The first kappa shape index (κ1) is 21.2. The van der Waals surface area contributed by atoms with Gasteiger partial charge in [-0.15, -0.1) is 0 Å². The van der Waals surface area contributed by atoms with Gasteiger partial charge in [0, 0.05) is 18.4 Å². The number of hydrogen-bond donors (Lipinski definition) is 0. The Hall–Kier alpha value is -3.48. The molecule has 7 heteroatoms. The second-order valence-corrected chi connectivity index (χ2v) is 6.43. The summed E-state index contributed by atoms with van der Waals surface area (Å²) in [7, 11) is 4.69. The fourth-order valence-electron chi connectivity index (χ4n) is 3.04. The molecule has 3 aromatic rings. The second-order valence-electron chi connectivity index (χ2n) is 6.43. The highest BCUT2D eigenvalue weighted by Crippen LogP contribution is 2.32. The average molecular weight is 411 g/mol. The molecule has 0 aliphatic carbocycles. The quantitative estimate of drug-likeness (QED) is 0.452. The monoisotopic (exact) mass is 411 g/mol. The molecule has 0 aliphatic heterocycles. The molecule has 0 unspecified atom stereocenters. The van der Waals surface area contributed by atoms with Crippen LogP contribution in [0.4, 0.5) is 0 Å². The van der Waals surface area contributed by atoms with Crippen LogP contribution >= 0.6 is 0 Å². The number of carbonyl (C=O) groups is 1. The number of hydrogen-bond acceptors (Lipinski definition) is 7. The van der Waals surface area contributed by atoms with Crippen LogP contribution in [0.5, 0.6) is 23.0 Å². The van der Waals surface area contributed by atoms with Crippen molar-refractivity contribution in [3.05, 3.63) is 53.9 Å². The fourth-order valence-corrected chi connectivity index (χ4v) is 3.04. The molecule has 7 nitrogen and oxygen atoms in total. The summed E-state index contributed by atoms with van der Waals surface area (Å²) in [6.45, 7) is 2.43. The van der Waals surface area contributed by atoms with Crippen molar-refractivity contribution in [1.29, 1.82) is 0 Å². The summed E-state index contributed by atoms with van der Waals surface area (Å²) in [4.78, 5) is 17.2. The maximum absolute atomic E-state index is 12.7. The van der Waals surface area contributed by atoms with E-state index >= 15 is 0 Å². The Balaban J connectivity index is 1.72. The van der Waals surface area contributed by atoms with Crippen LogP contribution in [0.3, 0.4) is 0 Å². The number of oxazole rings is 1. The molecular formula is C23H25NO6. The summed E-state index contributed by atoms with van der Waals surface area (Å²) in [5, 5.41) is 0. The van der Waals surface area contributed by atoms with Crippen molar-refractivity contribution >= 4 is 5.78 Å². The predicted molar refractivity (Wildman–Crippen MR) is 112 cm³/mol. The van der Waals surface area contributed by atoms with Crippen LogP contribution in [-0.2, 0) is 6.42 Å². The molecule has 0 bridgehead atoms. The van der Waals surface area contributed by atoms with Gasteiger partial charge in [-0.25, -0.2) is 4.98 Å². The number of Topliss-reactive ketones (excluding diaryl/α,β-unsaturated/α-hetero) is 1. The maximum Gasteiger partial charge on any atom is 0.226 e. The standard InChI is InChI=1S/C23H25NO6/c1-5-29-22-12-15(6-10-21(22)28-4)23-24-16(14-30-23)7-9-19(25)18-13-17(26-2)8-11-20(18)27-3/h6,8,10-14H,5,7,9H2,1-4H3. The Morgan fingerprint density at radius 2 is 1.73 bits per heavy atom. The lowest BCUT2D eigenvalue weighted by Crippen LogP contribution is -2.04. The number of ether oxygens (including phenoxy) is 4. The minimum absolute atomic E-state index is 0.0571. The smallest absolute Gasteiger partial charge is 0.226 e. The SMILES string of the molecule is CCOc1cc(-c2nc(CCC(=O)c3cc(OC)ccc3OC)co2)ccc1OC. The van der Waals surface area contributed by atoms with Crippen LogP contribution < -0.4 is 18.9 Å². The van der Waals surface area contributed by atoms with Crippen LogP contribution in [0.2, 0.25) is 0 Å². The Kier molecular flexibility index (Phi) is 6.95. The topological polar surface area (TPSA) is 80.0 Å². The fraction of sp³-hybridized carbons (Fsp3) is 0.304. The zero-order chi connectivity index (χ0) is 21.5. The van der Waals surface area contributed by atoms with Gasteiger partial charge in [0.2, 0.25) is 5.89 Å². The molecule has 2 aromatic carbocycles. The van der Waals surface area contributed by atoms with Crippen LogP contribution in [0.25, 0.3) is 11.5 Å². The largest absolute Gasteiger partial charge is 0.497 e. The van der Waals surface area contributed by atoms with E-state index in [1.54, 1.807) is 38.7 Å². The normalized spacial score (nSPS) is 10.5. The number of carbonyl (C=O) groups excluding carboxylic acids is 1. The molecule has 0 amide bonds. The van der Waals surface area contributed by atoms with Gasteiger partial charge in [-0.05, 0) is 43.3 Å². The Morgan fingerprint density at radius 1 is 0.967 bits per heavy atom. The van der Waals surface area contributed by atoms with Gasteiger partial charge >= 0.3 is 0 Å². The number of methoxy groups -OCH3 is 3. The zero-order valence-corrected chi connectivity index (χ0v) is 17.6. The third-order valence-corrected chi connectivity index (χ3v) is 4.58. The van der Waals surface area contributed by atoms with Crippen LogP contribution in [0.15, 0.2) is 47.1 Å². The van der Waals surface area contributed by atoms with E-state index in [9.17, 15) is 4.79 Å². The van der Waals surface area contributed by atoms with E-state index in [1.165, 1.54) is 7.11 Å². The summed E-state index contributed by atoms with van der Waals surface area (Å²) in [6, 6.07) is 10.6. The number of aryl methyl sites for hydroxylation is 1. The molecule has 0 saturated heterocycles. The van der Waals surface area contributed by atoms with Crippen molar-refractivity contribution in [3.8, 4) is 34.5 Å². The molecule has 0 aliphatic rings.